The van der Waals surface area contributed by atoms with Crippen molar-refractivity contribution in [3.8, 4) is 28.4 Å². The smallest absolute Gasteiger partial charge is 0.339 e. The van der Waals surface area contributed by atoms with Crippen molar-refractivity contribution in [2.45, 2.75) is 18.7 Å². The van der Waals surface area contributed by atoms with Crippen molar-refractivity contribution in [1.29, 1.82) is 0 Å². The van der Waals surface area contributed by atoms with Gasteiger partial charge in [-0.05, 0) is 61.9 Å². The van der Waals surface area contributed by atoms with Crippen LogP contribution in [0.3, 0.4) is 0 Å². The molecule has 39 heavy (non-hydrogen) atoms. The van der Waals surface area contributed by atoms with Gasteiger partial charge in [0.1, 0.15) is 4.90 Å². The van der Waals surface area contributed by atoms with E-state index in [0.717, 1.165) is 16.9 Å². The first-order chi connectivity index (χ1) is 18.9. The van der Waals surface area contributed by atoms with E-state index < -0.39 is 10.1 Å². The molecule has 196 valence electrons. The van der Waals surface area contributed by atoms with Gasteiger partial charge in [-0.1, -0.05) is 66.2 Å². The Morgan fingerprint density at radius 1 is 0.846 bits per heavy atom. The molecule has 5 aromatic rings. The van der Waals surface area contributed by atoms with Gasteiger partial charge in [-0.15, -0.1) is 0 Å². The molecule has 1 aromatic heterocycles. The van der Waals surface area contributed by atoms with Crippen LogP contribution in [0, 0.1) is 6.92 Å². The molecule has 0 aliphatic carbocycles. The summed E-state index contributed by atoms with van der Waals surface area (Å²) in [5.74, 6) is 1.05. The predicted octanol–water partition coefficient (Wildman–Crippen LogP) is 6.76. The van der Waals surface area contributed by atoms with Crippen LogP contribution >= 0.6 is 0 Å². The summed E-state index contributed by atoms with van der Waals surface area (Å²) in [6, 6.07) is 32.9. The minimum atomic E-state index is -4.01. The fraction of sp³-hybridized carbons (Fsp3) is 0.0968. The van der Waals surface area contributed by atoms with E-state index in [4.69, 9.17) is 19.0 Å². The van der Waals surface area contributed by atoms with Gasteiger partial charge in [0.15, 0.2) is 17.3 Å². The molecule has 0 bridgehead atoms. The third kappa shape index (κ3) is 6.08. The number of aryl methyl sites for hydroxylation is 1. The Kier molecular flexibility index (Phi) is 7.56. The molecule has 0 aliphatic heterocycles. The zero-order chi connectivity index (χ0) is 27.2. The van der Waals surface area contributed by atoms with Crippen LogP contribution in [0.4, 0.5) is 5.82 Å². The van der Waals surface area contributed by atoms with Crippen LogP contribution in [0.2, 0.25) is 0 Å². The minimum Gasteiger partial charge on any atom is -0.490 e. The molecule has 0 atom stereocenters. The first kappa shape index (κ1) is 25.9. The van der Waals surface area contributed by atoms with Gasteiger partial charge in [0.2, 0.25) is 0 Å². The van der Waals surface area contributed by atoms with Crippen molar-refractivity contribution < 1.29 is 17.3 Å². The molecule has 4 aromatic carbocycles. The predicted molar refractivity (Wildman–Crippen MR) is 153 cm³/mol. The lowest BCUT2D eigenvalue weighted by molar-refractivity contribution is 0.327. The van der Waals surface area contributed by atoms with Crippen molar-refractivity contribution >= 4 is 22.2 Å². The molecule has 7 nitrogen and oxygen atoms in total. The first-order valence-electron chi connectivity index (χ1n) is 12.5. The third-order valence-corrected chi connectivity index (χ3v) is 7.13. The Balaban J connectivity index is 1.47. The molecule has 0 saturated heterocycles. The maximum atomic E-state index is 12.7. The molecule has 0 N–H and O–H groups in total. The van der Waals surface area contributed by atoms with E-state index in [-0.39, 0.29) is 10.6 Å². The van der Waals surface area contributed by atoms with E-state index in [9.17, 15) is 8.42 Å². The molecule has 0 unspecified atom stereocenters. The van der Waals surface area contributed by atoms with Crippen LogP contribution in [0.1, 0.15) is 18.1 Å². The largest absolute Gasteiger partial charge is 0.490 e. The monoisotopic (exact) mass is 537 g/mol. The lowest BCUT2D eigenvalue weighted by Gasteiger charge is -2.12. The van der Waals surface area contributed by atoms with Gasteiger partial charge in [-0.3, -0.25) is 0 Å². The maximum absolute atomic E-state index is 12.7. The highest BCUT2D eigenvalue weighted by atomic mass is 32.2. The summed E-state index contributed by atoms with van der Waals surface area (Å²) in [7, 11) is -4.01. The van der Waals surface area contributed by atoms with Crippen LogP contribution in [0.5, 0.6) is 11.5 Å². The van der Waals surface area contributed by atoms with Crippen LogP contribution in [0.25, 0.3) is 16.9 Å². The number of benzene rings is 4. The third-order valence-electron chi connectivity index (χ3n) is 5.88. The summed E-state index contributed by atoms with van der Waals surface area (Å²) in [6.07, 6.45) is 1.69. The molecular weight excluding hydrogens is 510 g/mol. The number of aliphatic imine (C=N–C) groups is 1. The lowest BCUT2D eigenvalue weighted by atomic mass is 10.1. The second-order valence-electron chi connectivity index (χ2n) is 8.75. The van der Waals surface area contributed by atoms with E-state index >= 15 is 0 Å². The lowest BCUT2D eigenvalue weighted by Crippen LogP contribution is -2.10. The summed E-state index contributed by atoms with van der Waals surface area (Å²) >= 11 is 0. The van der Waals surface area contributed by atoms with Crippen molar-refractivity contribution in [3.05, 3.63) is 120 Å². The van der Waals surface area contributed by atoms with Gasteiger partial charge in [-0.25, -0.2) is 9.67 Å². The Morgan fingerprint density at radius 3 is 2.23 bits per heavy atom. The summed E-state index contributed by atoms with van der Waals surface area (Å²) in [6.45, 7) is 4.20. The summed E-state index contributed by atoms with van der Waals surface area (Å²) < 4.78 is 38.4. The fourth-order valence-corrected chi connectivity index (χ4v) is 4.88. The number of para-hydroxylation sites is 1. The van der Waals surface area contributed by atoms with E-state index in [1.165, 1.54) is 17.7 Å². The second-order valence-corrected chi connectivity index (χ2v) is 10.3. The molecule has 0 aliphatic rings. The fourth-order valence-electron chi connectivity index (χ4n) is 3.92. The topological polar surface area (TPSA) is 82.8 Å². The molecular formula is C31H27N3O4S. The van der Waals surface area contributed by atoms with Gasteiger partial charge >= 0.3 is 10.1 Å². The van der Waals surface area contributed by atoms with Crippen LogP contribution in [-0.4, -0.2) is 31.0 Å². The van der Waals surface area contributed by atoms with Crippen molar-refractivity contribution in [1.82, 2.24) is 9.78 Å². The Labute approximate surface area is 228 Å². The van der Waals surface area contributed by atoms with Gasteiger partial charge in [0, 0.05) is 17.8 Å². The number of nitrogens with zero attached hydrogens (tertiary/aromatic N) is 3. The number of hydrogen-bond donors (Lipinski definition) is 0. The van der Waals surface area contributed by atoms with E-state index in [1.807, 2.05) is 62.4 Å². The Morgan fingerprint density at radius 2 is 1.54 bits per heavy atom. The molecule has 0 amide bonds. The molecule has 0 saturated carbocycles. The van der Waals surface area contributed by atoms with E-state index in [2.05, 4.69) is 12.1 Å². The summed E-state index contributed by atoms with van der Waals surface area (Å²) in [5.41, 5.74) is 4.56. The molecule has 1 heterocycles. The number of aromatic nitrogens is 2. The Hall–Kier alpha value is -4.69. The zero-order valence-electron chi connectivity index (χ0n) is 21.6. The first-order valence-corrected chi connectivity index (χ1v) is 13.9. The molecule has 0 radical (unpaired) electrons. The second kappa shape index (κ2) is 11.4. The number of ether oxygens (including phenoxy) is 1. The molecule has 0 spiro atoms. The average Bonchev–Trinajstić information content (AvgIpc) is 3.39. The van der Waals surface area contributed by atoms with Gasteiger partial charge in [0.05, 0.1) is 18.0 Å². The van der Waals surface area contributed by atoms with Gasteiger partial charge < -0.3 is 8.92 Å². The molecule has 5 rings (SSSR count). The van der Waals surface area contributed by atoms with Crippen LogP contribution < -0.4 is 8.92 Å². The van der Waals surface area contributed by atoms with Gasteiger partial charge in [0.25, 0.3) is 0 Å². The van der Waals surface area contributed by atoms with Crippen molar-refractivity contribution in [2.24, 2.45) is 4.99 Å². The van der Waals surface area contributed by atoms with E-state index in [0.29, 0.717) is 23.7 Å². The quantitative estimate of drug-likeness (QED) is 0.153. The van der Waals surface area contributed by atoms with Crippen molar-refractivity contribution in [3.63, 3.8) is 0 Å². The van der Waals surface area contributed by atoms with Crippen LogP contribution in [-0.2, 0) is 10.1 Å². The van der Waals surface area contributed by atoms with Crippen LogP contribution in [0.15, 0.2) is 119 Å². The Bertz CT molecular complexity index is 1700. The SMILES string of the molecule is CCOc1cc(C=Nc2cc(-c3ccc(C)cc3)nn2-c2ccccc2)ccc1OS(=O)(=O)c1ccccc1. The molecule has 8 heteroatoms. The van der Waals surface area contributed by atoms with Crippen molar-refractivity contribution in [2.75, 3.05) is 6.61 Å². The zero-order valence-corrected chi connectivity index (χ0v) is 22.4. The highest BCUT2D eigenvalue weighted by Crippen LogP contribution is 2.32. The minimum absolute atomic E-state index is 0.0663. The average molecular weight is 538 g/mol. The summed E-state index contributed by atoms with van der Waals surface area (Å²) in [5, 5.41) is 4.81. The highest BCUT2D eigenvalue weighted by molar-refractivity contribution is 7.87. The normalized spacial score (nSPS) is 11.5. The highest BCUT2D eigenvalue weighted by Gasteiger charge is 2.19. The number of hydrogen-bond acceptors (Lipinski definition) is 6. The molecule has 0 fully saturated rings. The van der Waals surface area contributed by atoms with E-state index in [1.54, 1.807) is 47.3 Å². The maximum Gasteiger partial charge on any atom is 0.339 e. The summed E-state index contributed by atoms with van der Waals surface area (Å²) in [4.78, 5) is 4.80. The standard InChI is InChI=1S/C31H27N3O4S/c1-3-37-30-20-24(16-19-29(30)38-39(35,36)27-12-8-5-9-13-27)22-32-31-21-28(25-17-14-23(2)15-18-25)33-34(31)26-10-6-4-7-11-26/h4-22H,3H2,1-2H3. The van der Waals surface area contributed by atoms with Gasteiger partial charge in [-0.2, -0.15) is 13.5 Å². The number of rotatable bonds is 9.